The summed E-state index contributed by atoms with van der Waals surface area (Å²) in [5.74, 6) is 0.0674. The van der Waals surface area contributed by atoms with E-state index >= 15 is 0 Å². The molecule has 0 aliphatic heterocycles. The van der Waals surface area contributed by atoms with Crippen molar-refractivity contribution in [3.05, 3.63) is 66.3 Å². The minimum absolute atomic E-state index is 0.0605. The van der Waals surface area contributed by atoms with Crippen molar-refractivity contribution >= 4 is 5.57 Å². The quantitative estimate of drug-likeness (QED) is 0.246. The van der Waals surface area contributed by atoms with Gasteiger partial charge in [-0.1, -0.05) is 75.9 Å². The normalized spacial score (nSPS) is 31.8. The van der Waals surface area contributed by atoms with Crippen LogP contribution < -0.4 is 0 Å². The van der Waals surface area contributed by atoms with E-state index < -0.39 is 24.7 Å². The van der Waals surface area contributed by atoms with Crippen molar-refractivity contribution in [2.24, 2.45) is 41.4 Å². The Morgan fingerprint density at radius 2 is 1.51 bits per heavy atom. The third kappa shape index (κ3) is 5.45. The summed E-state index contributed by atoms with van der Waals surface area (Å²) in [7, 11) is 0. The molecule has 3 aliphatic carbocycles. The van der Waals surface area contributed by atoms with Gasteiger partial charge in [0.25, 0.3) is 0 Å². The van der Waals surface area contributed by atoms with Crippen molar-refractivity contribution in [2.75, 3.05) is 0 Å². The number of halogens is 6. The van der Waals surface area contributed by atoms with Gasteiger partial charge >= 0.3 is 12.4 Å². The fraction of sp³-hybridized carbons (Fsp3) is 0.613. The Morgan fingerprint density at radius 1 is 0.919 bits per heavy atom. The van der Waals surface area contributed by atoms with Gasteiger partial charge in [0.05, 0.1) is 0 Å². The van der Waals surface area contributed by atoms with Crippen molar-refractivity contribution < 1.29 is 26.3 Å². The monoisotopic (exact) mass is 524 g/mol. The topological polar surface area (TPSA) is 0 Å². The smallest absolute Gasteiger partial charge is 0.170 e. The molecule has 3 aliphatic rings. The maximum absolute atomic E-state index is 13.0. The van der Waals surface area contributed by atoms with Gasteiger partial charge in [0.1, 0.15) is 0 Å². The third-order valence-corrected chi connectivity index (χ3v) is 9.39. The van der Waals surface area contributed by atoms with E-state index in [2.05, 4.69) is 40.5 Å². The fourth-order valence-electron chi connectivity index (χ4n) is 7.89. The molecule has 0 radical (unpaired) electrons. The Hall–Kier alpha value is -1.98. The van der Waals surface area contributed by atoms with Crippen molar-refractivity contribution in [3.63, 3.8) is 0 Å². The highest BCUT2D eigenvalue weighted by Gasteiger charge is 2.58. The second-order valence-electron chi connectivity index (χ2n) is 12.6. The Kier molecular flexibility index (Phi) is 7.31. The molecule has 3 fully saturated rings. The first-order valence-corrected chi connectivity index (χ1v) is 13.3. The van der Waals surface area contributed by atoms with Gasteiger partial charge < -0.3 is 0 Å². The molecule has 0 spiro atoms. The van der Waals surface area contributed by atoms with Crippen LogP contribution in [0.4, 0.5) is 26.3 Å². The van der Waals surface area contributed by atoms with Crippen molar-refractivity contribution in [1.82, 2.24) is 0 Å². The fourth-order valence-corrected chi connectivity index (χ4v) is 7.89. The zero-order chi connectivity index (χ0) is 27.5. The number of benzene rings is 1. The number of allylic oxidation sites excluding steroid dienone is 3. The maximum atomic E-state index is 13.0. The largest absolute Gasteiger partial charge is 0.400 e. The lowest BCUT2D eigenvalue weighted by Gasteiger charge is -2.29. The lowest BCUT2D eigenvalue weighted by atomic mass is 9.75. The van der Waals surface area contributed by atoms with E-state index in [1.165, 1.54) is 17.6 Å². The van der Waals surface area contributed by atoms with Crippen LogP contribution in [0.25, 0.3) is 5.57 Å². The summed E-state index contributed by atoms with van der Waals surface area (Å²) >= 11 is 0. The van der Waals surface area contributed by atoms with Crippen LogP contribution >= 0.6 is 0 Å². The van der Waals surface area contributed by atoms with E-state index in [0.29, 0.717) is 41.1 Å². The summed E-state index contributed by atoms with van der Waals surface area (Å²) in [6.45, 7) is 19.1. The van der Waals surface area contributed by atoms with Crippen LogP contribution in [0, 0.1) is 41.4 Å². The number of hydrogen-bond acceptors (Lipinski definition) is 0. The molecule has 0 saturated heterocycles. The molecule has 37 heavy (non-hydrogen) atoms. The molecule has 4 rings (SSSR count). The van der Waals surface area contributed by atoms with Crippen LogP contribution in [0.15, 0.2) is 55.1 Å². The van der Waals surface area contributed by atoms with Crippen LogP contribution in [0.2, 0.25) is 0 Å². The molecule has 0 heterocycles. The van der Waals surface area contributed by atoms with Gasteiger partial charge in [-0.05, 0) is 90.2 Å². The SMILES string of the molecule is C=C(CC(C(F)(F)F)C(F)(F)F)c1ccc(C2(C)CC3CC4C(C(=C)CC(C)C)C(=C)CC4C3C2)cc1. The average Bonchev–Trinajstić information content (AvgIpc) is 3.36. The van der Waals surface area contributed by atoms with Crippen LogP contribution in [0.3, 0.4) is 0 Å². The Bertz CT molecular complexity index is 1030. The Labute approximate surface area is 216 Å². The molecule has 6 atom stereocenters. The van der Waals surface area contributed by atoms with E-state index in [0.717, 1.165) is 31.2 Å². The van der Waals surface area contributed by atoms with Crippen LogP contribution in [-0.4, -0.2) is 12.4 Å². The number of fused-ring (bicyclic) bond motifs is 3. The average molecular weight is 525 g/mol. The molecule has 0 N–H and O–H groups in total. The van der Waals surface area contributed by atoms with Gasteiger partial charge in [0.15, 0.2) is 5.92 Å². The highest BCUT2D eigenvalue weighted by atomic mass is 19.4. The summed E-state index contributed by atoms with van der Waals surface area (Å²) in [4.78, 5) is 0. The summed E-state index contributed by atoms with van der Waals surface area (Å²) in [5.41, 5.74) is 3.85. The van der Waals surface area contributed by atoms with Gasteiger partial charge in [-0.15, -0.1) is 0 Å². The summed E-state index contributed by atoms with van der Waals surface area (Å²) < 4.78 is 78.0. The Balaban J connectivity index is 1.45. The van der Waals surface area contributed by atoms with E-state index in [9.17, 15) is 26.3 Å². The summed E-state index contributed by atoms with van der Waals surface area (Å²) in [6.07, 6.45) is -6.56. The number of rotatable bonds is 7. The molecule has 0 nitrogen and oxygen atoms in total. The standard InChI is InChI=1S/C31H38F6/c1-17(2)11-19(4)28-20(5)12-24-25(28)14-22-15-29(6,16-26(22)24)23-9-7-21(8-10-23)18(3)13-27(30(32,33)34)31(35,36)37/h7-10,17,22,24-28H,3-5,11-16H2,1-2,6H3. The molecule has 0 aromatic heterocycles. The minimum Gasteiger partial charge on any atom is -0.170 e. The molecular formula is C31H38F6. The molecule has 204 valence electrons. The predicted molar refractivity (Wildman–Crippen MR) is 137 cm³/mol. The lowest BCUT2D eigenvalue weighted by molar-refractivity contribution is -0.282. The zero-order valence-electron chi connectivity index (χ0n) is 22.0. The van der Waals surface area contributed by atoms with Gasteiger partial charge in [-0.3, -0.25) is 0 Å². The summed E-state index contributed by atoms with van der Waals surface area (Å²) in [5, 5.41) is 0. The first-order valence-electron chi connectivity index (χ1n) is 13.3. The highest BCUT2D eigenvalue weighted by molar-refractivity contribution is 5.64. The molecule has 0 bridgehead atoms. The van der Waals surface area contributed by atoms with Crippen LogP contribution in [0.5, 0.6) is 0 Å². The number of hydrogen-bond donors (Lipinski definition) is 0. The molecule has 3 saturated carbocycles. The molecule has 0 amide bonds. The van der Waals surface area contributed by atoms with Crippen molar-refractivity contribution in [1.29, 1.82) is 0 Å². The van der Waals surface area contributed by atoms with Crippen molar-refractivity contribution in [3.8, 4) is 0 Å². The lowest BCUT2D eigenvalue weighted by Crippen LogP contribution is -2.36. The third-order valence-electron chi connectivity index (χ3n) is 9.39. The minimum atomic E-state index is -5.36. The molecule has 6 heteroatoms. The first kappa shape index (κ1) is 28.0. The second-order valence-corrected chi connectivity index (χ2v) is 12.6. The second kappa shape index (κ2) is 9.64. The van der Waals surface area contributed by atoms with E-state index in [1.807, 2.05) is 12.1 Å². The molecule has 1 aromatic carbocycles. The molecule has 1 aromatic rings. The van der Waals surface area contributed by atoms with Gasteiger partial charge in [0.2, 0.25) is 0 Å². The van der Waals surface area contributed by atoms with Crippen molar-refractivity contribution in [2.45, 2.75) is 77.1 Å². The summed E-state index contributed by atoms with van der Waals surface area (Å²) in [6, 6.07) is 7.01. The van der Waals surface area contributed by atoms with Crippen LogP contribution in [-0.2, 0) is 5.41 Å². The highest BCUT2D eigenvalue weighted by Crippen LogP contribution is 2.65. The maximum Gasteiger partial charge on any atom is 0.400 e. The van der Waals surface area contributed by atoms with Gasteiger partial charge in [-0.25, -0.2) is 0 Å². The zero-order valence-corrected chi connectivity index (χ0v) is 22.0. The Morgan fingerprint density at radius 3 is 2.05 bits per heavy atom. The molecule has 6 unspecified atom stereocenters. The van der Waals surface area contributed by atoms with Crippen LogP contribution in [0.1, 0.15) is 70.4 Å². The predicted octanol–water partition coefficient (Wildman–Crippen LogP) is 9.93. The first-order chi connectivity index (χ1) is 17.0. The van der Waals surface area contributed by atoms with E-state index in [1.54, 1.807) is 12.1 Å². The van der Waals surface area contributed by atoms with Gasteiger partial charge in [0, 0.05) is 5.92 Å². The van der Waals surface area contributed by atoms with Gasteiger partial charge in [-0.2, -0.15) is 26.3 Å². The molecular weight excluding hydrogens is 486 g/mol. The number of alkyl halides is 6. The van der Waals surface area contributed by atoms with E-state index in [4.69, 9.17) is 0 Å². The van der Waals surface area contributed by atoms with E-state index in [-0.39, 0.29) is 11.0 Å².